The molecule has 1 atom stereocenters. The maximum atomic E-state index is 11.7. The lowest BCUT2D eigenvalue weighted by Gasteiger charge is -2.14. The summed E-state index contributed by atoms with van der Waals surface area (Å²) in [7, 11) is 0. The maximum Gasteiger partial charge on any atom is 0.340 e. The zero-order chi connectivity index (χ0) is 14.8. The third-order valence-corrected chi connectivity index (χ3v) is 3.19. The van der Waals surface area contributed by atoms with Gasteiger partial charge in [-0.05, 0) is 30.3 Å². The average molecular weight is 282 g/mol. The van der Waals surface area contributed by atoms with Crippen molar-refractivity contribution in [3.8, 4) is 0 Å². The van der Waals surface area contributed by atoms with Crippen LogP contribution in [0.15, 0.2) is 48.5 Å². The molecule has 0 unspecified atom stereocenters. The highest BCUT2D eigenvalue weighted by molar-refractivity contribution is 5.94. The van der Waals surface area contributed by atoms with E-state index in [0.717, 1.165) is 16.9 Å². The lowest BCUT2D eigenvalue weighted by Crippen LogP contribution is -2.10. The standard InChI is InChI=1S/C16H14N2O3/c1-10(19)17-11-6-8-12(9-7-11)18-15-13-4-2-3-5-14(13)16(20)21-15/h2-9,15,18H,1H3,(H,17,19)/t15-/m0/s1. The van der Waals surface area contributed by atoms with Crippen LogP contribution in [0.5, 0.6) is 0 Å². The quantitative estimate of drug-likeness (QED) is 0.849. The number of ether oxygens (including phenoxy) is 1. The van der Waals surface area contributed by atoms with E-state index >= 15 is 0 Å². The molecule has 1 amide bonds. The highest BCUT2D eigenvalue weighted by atomic mass is 16.6. The summed E-state index contributed by atoms with van der Waals surface area (Å²) in [5.74, 6) is -0.438. The summed E-state index contributed by atoms with van der Waals surface area (Å²) in [5.41, 5.74) is 2.94. The zero-order valence-corrected chi connectivity index (χ0v) is 11.4. The fraction of sp³-hybridized carbons (Fsp3) is 0.125. The van der Waals surface area contributed by atoms with Crippen LogP contribution in [0.1, 0.15) is 29.1 Å². The molecule has 0 aliphatic carbocycles. The predicted molar refractivity (Wildman–Crippen MR) is 79.0 cm³/mol. The second-order valence-corrected chi connectivity index (χ2v) is 4.78. The smallest absolute Gasteiger partial charge is 0.340 e. The minimum Gasteiger partial charge on any atom is -0.434 e. The van der Waals surface area contributed by atoms with Crippen LogP contribution in [-0.2, 0) is 9.53 Å². The van der Waals surface area contributed by atoms with Crippen molar-refractivity contribution >= 4 is 23.3 Å². The van der Waals surface area contributed by atoms with E-state index in [1.54, 1.807) is 18.2 Å². The molecule has 2 aromatic rings. The molecule has 1 aliphatic heterocycles. The average Bonchev–Trinajstić information content (AvgIpc) is 2.78. The first kappa shape index (κ1) is 13.2. The van der Waals surface area contributed by atoms with Crippen LogP contribution in [0.2, 0.25) is 0 Å². The lowest BCUT2D eigenvalue weighted by molar-refractivity contribution is -0.114. The van der Waals surface area contributed by atoms with Crippen molar-refractivity contribution < 1.29 is 14.3 Å². The molecule has 0 aromatic heterocycles. The third kappa shape index (κ3) is 2.72. The first-order chi connectivity index (χ1) is 10.1. The number of carbonyl (C=O) groups is 2. The number of cyclic esters (lactones) is 1. The van der Waals surface area contributed by atoms with Gasteiger partial charge in [0.25, 0.3) is 0 Å². The summed E-state index contributed by atoms with van der Waals surface area (Å²) < 4.78 is 5.31. The minimum absolute atomic E-state index is 0.116. The second-order valence-electron chi connectivity index (χ2n) is 4.78. The van der Waals surface area contributed by atoms with Crippen LogP contribution in [0, 0.1) is 0 Å². The fourth-order valence-corrected chi connectivity index (χ4v) is 2.26. The Labute approximate surface area is 121 Å². The van der Waals surface area contributed by atoms with Crippen molar-refractivity contribution in [2.24, 2.45) is 0 Å². The number of fused-ring (bicyclic) bond motifs is 1. The molecule has 5 heteroatoms. The molecule has 0 bridgehead atoms. The van der Waals surface area contributed by atoms with E-state index in [1.165, 1.54) is 6.92 Å². The Hall–Kier alpha value is -2.82. The topological polar surface area (TPSA) is 67.4 Å². The van der Waals surface area contributed by atoms with Crippen LogP contribution in [0.3, 0.4) is 0 Å². The summed E-state index contributed by atoms with van der Waals surface area (Å²) in [6, 6.07) is 14.5. The van der Waals surface area contributed by atoms with Gasteiger partial charge in [-0.2, -0.15) is 0 Å². The van der Waals surface area contributed by atoms with Gasteiger partial charge in [0.1, 0.15) is 0 Å². The highest BCUT2D eigenvalue weighted by Gasteiger charge is 2.30. The molecule has 106 valence electrons. The lowest BCUT2D eigenvalue weighted by atomic mass is 10.1. The molecular formula is C16H14N2O3. The molecule has 21 heavy (non-hydrogen) atoms. The molecule has 2 N–H and O–H groups in total. The Balaban J connectivity index is 1.76. The third-order valence-electron chi connectivity index (χ3n) is 3.19. The number of hydrogen-bond donors (Lipinski definition) is 2. The van der Waals surface area contributed by atoms with Crippen LogP contribution in [0.25, 0.3) is 0 Å². The molecule has 0 radical (unpaired) electrons. The van der Waals surface area contributed by atoms with Crippen molar-refractivity contribution in [1.29, 1.82) is 0 Å². The fourth-order valence-electron chi connectivity index (χ4n) is 2.26. The van der Waals surface area contributed by atoms with Gasteiger partial charge < -0.3 is 15.4 Å². The van der Waals surface area contributed by atoms with Gasteiger partial charge in [-0.3, -0.25) is 4.79 Å². The van der Waals surface area contributed by atoms with Crippen molar-refractivity contribution in [3.63, 3.8) is 0 Å². The number of carbonyl (C=O) groups excluding carboxylic acids is 2. The van der Waals surface area contributed by atoms with E-state index < -0.39 is 6.23 Å². The van der Waals surface area contributed by atoms with Crippen molar-refractivity contribution in [2.75, 3.05) is 10.6 Å². The van der Waals surface area contributed by atoms with Gasteiger partial charge in [0, 0.05) is 23.9 Å². The molecule has 0 spiro atoms. The summed E-state index contributed by atoms with van der Waals surface area (Å²) in [6.45, 7) is 1.46. The van der Waals surface area contributed by atoms with Crippen molar-refractivity contribution in [3.05, 3.63) is 59.7 Å². The first-order valence-electron chi connectivity index (χ1n) is 6.57. The molecule has 0 saturated carbocycles. The largest absolute Gasteiger partial charge is 0.434 e. The van der Waals surface area contributed by atoms with Crippen LogP contribution < -0.4 is 10.6 Å². The second kappa shape index (κ2) is 5.28. The Morgan fingerprint density at radius 3 is 2.43 bits per heavy atom. The minimum atomic E-state index is -0.486. The number of amides is 1. The number of benzene rings is 2. The normalized spacial score (nSPS) is 16.0. The van der Waals surface area contributed by atoms with Gasteiger partial charge in [-0.1, -0.05) is 18.2 Å². The summed E-state index contributed by atoms with van der Waals surface area (Å²) in [5, 5.41) is 5.85. The van der Waals surface area contributed by atoms with Gasteiger partial charge in [0.05, 0.1) is 5.56 Å². The molecular weight excluding hydrogens is 268 g/mol. The van der Waals surface area contributed by atoms with Crippen LogP contribution in [0.4, 0.5) is 11.4 Å². The molecule has 0 saturated heterocycles. The zero-order valence-electron chi connectivity index (χ0n) is 11.4. The van der Waals surface area contributed by atoms with Gasteiger partial charge in [-0.25, -0.2) is 4.79 Å². The van der Waals surface area contributed by atoms with Gasteiger partial charge >= 0.3 is 5.97 Å². The van der Waals surface area contributed by atoms with Crippen molar-refractivity contribution in [1.82, 2.24) is 0 Å². The van der Waals surface area contributed by atoms with Gasteiger partial charge in [0.15, 0.2) is 0 Å². The number of hydrogen-bond acceptors (Lipinski definition) is 4. The monoisotopic (exact) mass is 282 g/mol. The predicted octanol–water partition coefficient (Wildman–Crippen LogP) is 2.93. The van der Waals surface area contributed by atoms with E-state index in [0.29, 0.717) is 5.56 Å². The molecule has 5 nitrogen and oxygen atoms in total. The maximum absolute atomic E-state index is 11.7. The summed E-state index contributed by atoms with van der Waals surface area (Å²) in [6.07, 6.45) is -0.486. The van der Waals surface area contributed by atoms with Gasteiger partial charge in [-0.15, -0.1) is 0 Å². The van der Waals surface area contributed by atoms with Crippen LogP contribution >= 0.6 is 0 Å². The summed E-state index contributed by atoms with van der Waals surface area (Å²) in [4.78, 5) is 22.7. The Bertz CT molecular complexity index is 695. The molecule has 3 rings (SSSR count). The number of anilines is 2. The summed E-state index contributed by atoms with van der Waals surface area (Å²) >= 11 is 0. The van der Waals surface area contributed by atoms with E-state index in [2.05, 4.69) is 10.6 Å². The van der Waals surface area contributed by atoms with Crippen LogP contribution in [-0.4, -0.2) is 11.9 Å². The van der Waals surface area contributed by atoms with E-state index in [9.17, 15) is 9.59 Å². The Morgan fingerprint density at radius 1 is 1.05 bits per heavy atom. The van der Waals surface area contributed by atoms with E-state index in [1.807, 2.05) is 30.3 Å². The highest BCUT2D eigenvalue weighted by Crippen LogP contribution is 2.31. The molecule has 0 fully saturated rings. The number of nitrogens with one attached hydrogen (secondary N) is 2. The SMILES string of the molecule is CC(=O)Nc1ccc(N[C@H]2OC(=O)c3ccccc32)cc1. The number of rotatable bonds is 3. The van der Waals surface area contributed by atoms with E-state index in [-0.39, 0.29) is 11.9 Å². The molecule has 2 aromatic carbocycles. The molecule has 1 heterocycles. The Kier molecular flexibility index (Phi) is 3.31. The number of esters is 1. The van der Waals surface area contributed by atoms with Gasteiger partial charge in [0.2, 0.25) is 12.1 Å². The Morgan fingerprint density at radius 2 is 1.71 bits per heavy atom. The molecule has 1 aliphatic rings. The van der Waals surface area contributed by atoms with E-state index in [4.69, 9.17) is 4.74 Å². The van der Waals surface area contributed by atoms with Crippen molar-refractivity contribution in [2.45, 2.75) is 13.2 Å². The first-order valence-corrected chi connectivity index (χ1v) is 6.57.